The average Bonchev–Trinajstić information content (AvgIpc) is 3.12. The highest BCUT2D eigenvalue weighted by Gasteiger charge is 2.18. The van der Waals surface area contributed by atoms with Gasteiger partial charge in [-0.15, -0.1) is 10.2 Å². The summed E-state index contributed by atoms with van der Waals surface area (Å²) in [7, 11) is 0. The van der Waals surface area contributed by atoms with Gasteiger partial charge >= 0.3 is 0 Å². The van der Waals surface area contributed by atoms with Crippen LogP contribution in [0.4, 0.5) is 0 Å². The number of fused-ring (bicyclic) bond motifs is 1. The fraction of sp³-hybridized carbons (Fsp3) is 0.533. The summed E-state index contributed by atoms with van der Waals surface area (Å²) in [6, 6.07) is 0. The van der Waals surface area contributed by atoms with Crippen molar-refractivity contribution in [3.8, 4) is 0 Å². The lowest BCUT2D eigenvalue weighted by Crippen LogP contribution is -2.30. The van der Waals surface area contributed by atoms with Crippen LogP contribution in [0.3, 0.4) is 0 Å². The Kier molecular flexibility index (Phi) is 4.22. The fourth-order valence-corrected chi connectivity index (χ4v) is 2.79. The van der Waals surface area contributed by atoms with Gasteiger partial charge in [0.2, 0.25) is 5.91 Å². The smallest absolute Gasteiger partial charge is 0.254 e. The molecular weight excluding hydrogens is 296 g/mol. The minimum atomic E-state index is -0.243. The van der Waals surface area contributed by atoms with Crippen LogP contribution < -0.4 is 10.9 Å². The molecule has 3 heterocycles. The third kappa shape index (κ3) is 3.15. The number of nitrogens with one attached hydrogen (secondary N) is 2. The maximum Gasteiger partial charge on any atom is 0.254 e. The van der Waals surface area contributed by atoms with Gasteiger partial charge in [-0.3, -0.25) is 9.59 Å². The number of carbonyl (C=O) groups excluding carboxylic acids is 1. The molecule has 3 rings (SSSR count). The molecule has 1 aliphatic rings. The molecule has 0 unspecified atom stereocenters. The molecule has 0 aromatic carbocycles. The van der Waals surface area contributed by atoms with E-state index < -0.39 is 0 Å². The molecule has 1 amide bonds. The summed E-state index contributed by atoms with van der Waals surface area (Å²) in [6.07, 6.45) is 2.67. The normalized spacial score (nSPS) is 13.1. The lowest BCUT2D eigenvalue weighted by Gasteiger charge is -2.08. The second-order valence-corrected chi connectivity index (χ2v) is 5.67. The first-order chi connectivity index (χ1) is 11.1. The molecule has 8 heteroatoms. The van der Waals surface area contributed by atoms with Gasteiger partial charge in [-0.25, -0.2) is 4.98 Å². The number of aromatic nitrogens is 5. The molecule has 2 aromatic rings. The van der Waals surface area contributed by atoms with Crippen molar-refractivity contribution in [2.24, 2.45) is 0 Å². The SMILES string of the molecule is CCc1nc(C)c(CC(=O)NCc2nnc3n2CCC3)c(=O)[nH]1. The summed E-state index contributed by atoms with van der Waals surface area (Å²) in [6.45, 7) is 4.89. The van der Waals surface area contributed by atoms with Crippen molar-refractivity contribution in [2.45, 2.75) is 52.6 Å². The Labute approximate surface area is 133 Å². The van der Waals surface area contributed by atoms with Crippen molar-refractivity contribution in [1.82, 2.24) is 30.0 Å². The van der Waals surface area contributed by atoms with Crippen molar-refractivity contribution in [2.75, 3.05) is 0 Å². The number of rotatable bonds is 5. The second-order valence-electron chi connectivity index (χ2n) is 5.67. The molecule has 122 valence electrons. The zero-order valence-electron chi connectivity index (χ0n) is 13.3. The first-order valence-electron chi connectivity index (χ1n) is 7.84. The number of aryl methyl sites for hydroxylation is 3. The van der Waals surface area contributed by atoms with Crippen molar-refractivity contribution in [1.29, 1.82) is 0 Å². The van der Waals surface area contributed by atoms with E-state index in [0.717, 1.165) is 31.0 Å². The number of carbonyl (C=O) groups is 1. The van der Waals surface area contributed by atoms with Crippen LogP contribution in [-0.2, 0) is 37.1 Å². The molecule has 0 atom stereocenters. The summed E-state index contributed by atoms with van der Waals surface area (Å²) in [5.74, 6) is 2.15. The van der Waals surface area contributed by atoms with Crippen molar-refractivity contribution >= 4 is 5.91 Å². The van der Waals surface area contributed by atoms with Crippen molar-refractivity contribution in [3.05, 3.63) is 39.1 Å². The summed E-state index contributed by atoms with van der Waals surface area (Å²) < 4.78 is 2.04. The maximum atomic E-state index is 12.1. The number of amides is 1. The molecule has 1 aliphatic heterocycles. The summed E-state index contributed by atoms with van der Waals surface area (Å²) in [5, 5.41) is 11.0. The van der Waals surface area contributed by atoms with Crippen LogP contribution in [0.2, 0.25) is 0 Å². The van der Waals surface area contributed by atoms with E-state index in [4.69, 9.17) is 0 Å². The highest BCUT2D eigenvalue weighted by molar-refractivity contribution is 5.78. The first kappa shape index (κ1) is 15.4. The monoisotopic (exact) mass is 316 g/mol. The molecule has 8 nitrogen and oxygen atoms in total. The number of H-pyrrole nitrogens is 1. The summed E-state index contributed by atoms with van der Waals surface area (Å²) >= 11 is 0. The van der Waals surface area contributed by atoms with Crippen LogP contribution in [0.5, 0.6) is 0 Å². The van der Waals surface area contributed by atoms with Gasteiger partial charge in [-0.2, -0.15) is 0 Å². The average molecular weight is 316 g/mol. The van der Waals surface area contributed by atoms with E-state index in [1.54, 1.807) is 6.92 Å². The lowest BCUT2D eigenvalue weighted by atomic mass is 10.1. The molecule has 0 radical (unpaired) electrons. The zero-order chi connectivity index (χ0) is 16.4. The van der Waals surface area contributed by atoms with Gasteiger partial charge < -0.3 is 14.9 Å². The first-order valence-corrected chi connectivity index (χ1v) is 7.84. The Morgan fingerprint density at radius 2 is 2.22 bits per heavy atom. The molecule has 0 aliphatic carbocycles. The van der Waals surface area contributed by atoms with Gasteiger partial charge in [-0.1, -0.05) is 6.92 Å². The molecule has 0 saturated heterocycles. The Hall–Kier alpha value is -2.51. The maximum absolute atomic E-state index is 12.1. The van der Waals surface area contributed by atoms with Crippen molar-refractivity contribution < 1.29 is 4.79 Å². The third-order valence-corrected chi connectivity index (χ3v) is 4.07. The molecule has 23 heavy (non-hydrogen) atoms. The van der Waals surface area contributed by atoms with E-state index in [2.05, 4.69) is 25.5 Å². The van der Waals surface area contributed by atoms with E-state index in [-0.39, 0.29) is 17.9 Å². The summed E-state index contributed by atoms with van der Waals surface area (Å²) in [4.78, 5) is 31.2. The predicted molar refractivity (Wildman–Crippen MR) is 82.9 cm³/mol. The molecular formula is C15H20N6O2. The Bertz CT molecular complexity index is 792. The lowest BCUT2D eigenvalue weighted by molar-refractivity contribution is -0.120. The Morgan fingerprint density at radius 3 is 2.96 bits per heavy atom. The largest absolute Gasteiger partial charge is 0.349 e. The molecule has 0 fully saturated rings. The van der Waals surface area contributed by atoms with Crippen LogP contribution in [-0.4, -0.2) is 30.6 Å². The molecule has 0 bridgehead atoms. The highest BCUT2D eigenvalue weighted by Crippen LogP contribution is 2.13. The van der Waals surface area contributed by atoms with E-state index >= 15 is 0 Å². The quantitative estimate of drug-likeness (QED) is 0.810. The van der Waals surface area contributed by atoms with E-state index in [0.29, 0.717) is 30.0 Å². The topological polar surface area (TPSA) is 106 Å². The van der Waals surface area contributed by atoms with Crippen LogP contribution in [0.1, 0.15) is 42.1 Å². The predicted octanol–water partition coefficient (Wildman–Crippen LogP) is 0.0373. The van der Waals surface area contributed by atoms with E-state index in [9.17, 15) is 9.59 Å². The standard InChI is InChI=1S/C15H20N6O2/c1-3-11-17-9(2)10(15(23)18-11)7-14(22)16-8-13-20-19-12-5-4-6-21(12)13/h3-8H2,1-2H3,(H,16,22)(H,17,18,23). The van der Waals surface area contributed by atoms with Gasteiger partial charge in [0.1, 0.15) is 11.6 Å². The van der Waals surface area contributed by atoms with Crippen LogP contribution in [0.25, 0.3) is 0 Å². The fourth-order valence-electron chi connectivity index (χ4n) is 2.79. The Balaban J connectivity index is 1.65. The number of hydrogen-bond acceptors (Lipinski definition) is 5. The van der Waals surface area contributed by atoms with Crippen LogP contribution in [0.15, 0.2) is 4.79 Å². The van der Waals surface area contributed by atoms with Gasteiger partial charge in [0, 0.05) is 30.6 Å². The van der Waals surface area contributed by atoms with Crippen LogP contribution in [0, 0.1) is 6.92 Å². The van der Waals surface area contributed by atoms with Gasteiger partial charge in [0.05, 0.1) is 13.0 Å². The minimum Gasteiger partial charge on any atom is -0.349 e. The molecule has 0 spiro atoms. The second kappa shape index (κ2) is 6.31. The summed E-state index contributed by atoms with van der Waals surface area (Å²) in [5.41, 5.74) is 0.767. The van der Waals surface area contributed by atoms with Gasteiger partial charge in [-0.05, 0) is 13.3 Å². The van der Waals surface area contributed by atoms with E-state index in [1.165, 1.54) is 0 Å². The van der Waals surface area contributed by atoms with Gasteiger partial charge in [0.25, 0.3) is 5.56 Å². The number of hydrogen-bond donors (Lipinski definition) is 2. The number of nitrogens with zero attached hydrogens (tertiary/aromatic N) is 4. The van der Waals surface area contributed by atoms with Crippen molar-refractivity contribution in [3.63, 3.8) is 0 Å². The molecule has 2 aromatic heterocycles. The third-order valence-electron chi connectivity index (χ3n) is 4.07. The van der Waals surface area contributed by atoms with Gasteiger partial charge in [0.15, 0.2) is 5.82 Å². The highest BCUT2D eigenvalue weighted by atomic mass is 16.2. The van der Waals surface area contributed by atoms with E-state index in [1.807, 2.05) is 11.5 Å². The Morgan fingerprint density at radius 1 is 1.39 bits per heavy atom. The van der Waals surface area contributed by atoms with Crippen LogP contribution >= 0.6 is 0 Å². The molecule has 2 N–H and O–H groups in total. The number of aromatic amines is 1. The zero-order valence-corrected chi connectivity index (χ0v) is 13.3. The minimum absolute atomic E-state index is 0.0131. The molecule has 0 saturated carbocycles.